The molecule has 21 heavy (non-hydrogen) atoms. The first-order chi connectivity index (χ1) is 9.99. The van der Waals surface area contributed by atoms with Gasteiger partial charge in [-0.15, -0.1) is 11.8 Å². The largest absolute Gasteiger partial charge is 0.342 e. The zero-order valence-corrected chi connectivity index (χ0v) is 14.5. The standard InChI is InChI=1S/C18H27NOS/c1-13-10-11-17(12-14(13)2)21-15(3)18(20)19(4)16-8-6-5-7-9-16/h10-12,15-16H,5-9H2,1-4H3. The molecule has 1 aliphatic carbocycles. The number of rotatable bonds is 4. The number of carbonyl (C=O) groups excluding carboxylic acids is 1. The van der Waals surface area contributed by atoms with Gasteiger partial charge in [0.25, 0.3) is 0 Å². The minimum absolute atomic E-state index is 0.0148. The lowest BCUT2D eigenvalue weighted by molar-refractivity contribution is -0.131. The van der Waals surface area contributed by atoms with Crippen LogP contribution in [0.1, 0.15) is 50.2 Å². The molecular weight excluding hydrogens is 278 g/mol. The SMILES string of the molecule is Cc1ccc(SC(C)C(=O)N(C)C2CCCCC2)cc1C. The van der Waals surface area contributed by atoms with E-state index in [-0.39, 0.29) is 11.2 Å². The van der Waals surface area contributed by atoms with Crippen LogP contribution >= 0.6 is 11.8 Å². The van der Waals surface area contributed by atoms with Crippen LogP contribution < -0.4 is 0 Å². The molecule has 0 bridgehead atoms. The van der Waals surface area contributed by atoms with Gasteiger partial charge in [-0.3, -0.25) is 4.79 Å². The van der Waals surface area contributed by atoms with Crippen molar-refractivity contribution >= 4 is 17.7 Å². The fourth-order valence-corrected chi connectivity index (χ4v) is 4.04. The van der Waals surface area contributed by atoms with Gasteiger partial charge in [0, 0.05) is 18.0 Å². The number of hydrogen-bond acceptors (Lipinski definition) is 2. The summed E-state index contributed by atoms with van der Waals surface area (Å²) in [5.41, 5.74) is 2.60. The lowest BCUT2D eigenvalue weighted by atomic mass is 9.94. The third kappa shape index (κ3) is 4.26. The highest BCUT2D eigenvalue weighted by atomic mass is 32.2. The molecule has 0 aromatic heterocycles. The normalized spacial score (nSPS) is 17.5. The monoisotopic (exact) mass is 305 g/mol. The maximum Gasteiger partial charge on any atom is 0.235 e. The fourth-order valence-electron chi connectivity index (χ4n) is 2.98. The Bertz CT molecular complexity index is 494. The van der Waals surface area contributed by atoms with Crippen molar-refractivity contribution in [2.24, 2.45) is 0 Å². The van der Waals surface area contributed by atoms with E-state index in [0.29, 0.717) is 6.04 Å². The first-order valence-corrected chi connectivity index (χ1v) is 8.87. The summed E-state index contributed by atoms with van der Waals surface area (Å²) in [7, 11) is 1.98. The number of nitrogens with zero attached hydrogens (tertiary/aromatic N) is 1. The molecule has 0 saturated heterocycles. The van der Waals surface area contributed by atoms with E-state index in [0.717, 1.165) is 0 Å². The average molecular weight is 305 g/mol. The molecule has 1 atom stereocenters. The second kappa shape index (κ2) is 7.35. The Morgan fingerprint density at radius 1 is 1.19 bits per heavy atom. The third-order valence-electron chi connectivity index (χ3n) is 4.61. The van der Waals surface area contributed by atoms with Crippen molar-refractivity contribution in [3.63, 3.8) is 0 Å². The van der Waals surface area contributed by atoms with E-state index >= 15 is 0 Å². The highest BCUT2D eigenvalue weighted by Crippen LogP contribution is 2.28. The van der Waals surface area contributed by atoms with Gasteiger partial charge in [0.2, 0.25) is 5.91 Å². The molecule has 1 amide bonds. The van der Waals surface area contributed by atoms with Crippen LogP contribution in [-0.4, -0.2) is 29.1 Å². The molecule has 0 heterocycles. The van der Waals surface area contributed by atoms with Gasteiger partial charge >= 0.3 is 0 Å². The maximum atomic E-state index is 12.6. The predicted octanol–water partition coefficient (Wildman–Crippen LogP) is 4.58. The summed E-state index contributed by atoms with van der Waals surface area (Å²) < 4.78 is 0. The number of thioether (sulfide) groups is 1. The number of benzene rings is 1. The number of hydrogen-bond donors (Lipinski definition) is 0. The lowest BCUT2D eigenvalue weighted by Crippen LogP contribution is -2.42. The Kier molecular flexibility index (Phi) is 5.74. The molecular formula is C18H27NOS. The maximum absolute atomic E-state index is 12.6. The summed E-state index contributed by atoms with van der Waals surface area (Å²) in [6, 6.07) is 6.90. The van der Waals surface area contributed by atoms with Crippen molar-refractivity contribution in [2.45, 2.75) is 69.1 Å². The minimum Gasteiger partial charge on any atom is -0.342 e. The first kappa shape index (κ1) is 16.4. The number of amides is 1. The molecule has 116 valence electrons. The average Bonchev–Trinajstić information content (AvgIpc) is 2.50. The summed E-state index contributed by atoms with van der Waals surface area (Å²) in [5.74, 6) is 0.269. The number of carbonyl (C=O) groups is 1. The molecule has 0 radical (unpaired) electrons. The molecule has 1 unspecified atom stereocenters. The Hall–Kier alpha value is -0.960. The minimum atomic E-state index is -0.0148. The number of aryl methyl sites for hydroxylation is 2. The quantitative estimate of drug-likeness (QED) is 0.759. The third-order valence-corrected chi connectivity index (χ3v) is 5.69. The smallest absolute Gasteiger partial charge is 0.235 e. The molecule has 2 nitrogen and oxygen atoms in total. The van der Waals surface area contributed by atoms with Crippen molar-refractivity contribution in [1.82, 2.24) is 4.90 Å². The van der Waals surface area contributed by atoms with E-state index in [1.165, 1.54) is 48.1 Å². The van der Waals surface area contributed by atoms with E-state index < -0.39 is 0 Å². The summed E-state index contributed by atoms with van der Waals surface area (Å²) in [4.78, 5) is 15.8. The van der Waals surface area contributed by atoms with E-state index in [4.69, 9.17) is 0 Å². The van der Waals surface area contributed by atoms with Gasteiger partial charge in [0.1, 0.15) is 0 Å². The van der Waals surface area contributed by atoms with Gasteiger partial charge in [-0.1, -0.05) is 25.3 Å². The molecule has 0 spiro atoms. The van der Waals surface area contributed by atoms with Gasteiger partial charge in [-0.2, -0.15) is 0 Å². The van der Waals surface area contributed by atoms with Crippen LogP contribution in [0, 0.1) is 13.8 Å². The Morgan fingerprint density at radius 3 is 2.48 bits per heavy atom. The molecule has 1 aromatic carbocycles. The molecule has 1 fully saturated rings. The van der Waals surface area contributed by atoms with Crippen molar-refractivity contribution in [3.8, 4) is 0 Å². The Morgan fingerprint density at radius 2 is 1.86 bits per heavy atom. The molecule has 1 aliphatic rings. The zero-order chi connectivity index (χ0) is 15.4. The van der Waals surface area contributed by atoms with Crippen LogP contribution in [0.25, 0.3) is 0 Å². The van der Waals surface area contributed by atoms with Crippen molar-refractivity contribution < 1.29 is 4.79 Å². The van der Waals surface area contributed by atoms with Crippen LogP contribution in [0.4, 0.5) is 0 Å². The van der Waals surface area contributed by atoms with E-state index in [1.54, 1.807) is 11.8 Å². The van der Waals surface area contributed by atoms with Crippen molar-refractivity contribution in [3.05, 3.63) is 29.3 Å². The molecule has 0 N–H and O–H groups in total. The Labute approximate surface area is 133 Å². The highest BCUT2D eigenvalue weighted by molar-refractivity contribution is 8.00. The van der Waals surface area contributed by atoms with Gasteiger partial charge in [-0.05, 0) is 56.9 Å². The van der Waals surface area contributed by atoms with E-state index in [2.05, 4.69) is 32.0 Å². The van der Waals surface area contributed by atoms with Crippen LogP contribution in [0.3, 0.4) is 0 Å². The molecule has 0 aliphatic heterocycles. The molecule has 2 rings (SSSR count). The van der Waals surface area contributed by atoms with Crippen LogP contribution in [-0.2, 0) is 4.79 Å². The fraction of sp³-hybridized carbons (Fsp3) is 0.611. The summed E-state index contributed by atoms with van der Waals surface area (Å²) in [6.07, 6.45) is 6.19. The predicted molar refractivity (Wildman–Crippen MR) is 90.9 cm³/mol. The topological polar surface area (TPSA) is 20.3 Å². The van der Waals surface area contributed by atoms with Gasteiger partial charge in [-0.25, -0.2) is 0 Å². The molecule has 1 aromatic rings. The summed E-state index contributed by atoms with van der Waals surface area (Å²) >= 11 is 1.68. The van der Waals surface area contributed by atoms with Gasteiger partial charge in [0.15, 0.2) is 0 Å². The van der Waals surface area contributed by atoms with Crippen LogP contribution in [0.5, 0.6) is 0 Å². The van der Waals surface area contributed by atoms with Crippen LogP contribution in [0.15, 0.2) is 23.1 Å². The second-order valence-corrected chi connectivity index (χ2v) is 7.66. The van der Waals surface area contributed by atoms with Gasteiger partial charge < -0.3 is 4.90 Å². The first-order valence-electron chi connectivity index (χ1n) is 7.99. The summed E-state index contributed by atoms with van der Waals surface area (Å²) in [6.45, 7) is 6.27. The summed E-state index contributed by atoms with van der Waals surface area (Å²) in [5, 5.41) is -0.0148. The van der Waals surface area contributed by atoms with E-state index in [1.807, 2.05) is 18.9 Å². The second-order valence-electron chi connectivity index (χ2n) is 6.25. The van der Waals surface area contributed by atoms with E-state index in [9.17, 15) is 4.79 Å². The molecule has 1 saturated carbocycles. The van der Waals surface area contributed by atoms with Crippen LogP contribution in [0.2, 0.25) is 0 Å². The lowest BCUT2D eigenvalue weighted by Gasteiger charge is -2.32. The Balaban J connectivity index is 1.96. The van der Waals surface area contributed by atoms with Crippen molar-refractivity contribution in [1.29, 1.82) is 0 Å². The van der Waals surface area contributed by atoms with Crippen molar-refractivity contribution in [2.75, 3.05) is 7.05 Å². The zero-order valence-electron chi connectivity index (χ0n) is 13.7. The molecule has 3 heteroatoms. The highest BCUT2D eigenvalue weighted by Gasteiger charge is 2.26. The van der Waals surface area contributed by atoms with Gasteiger partial charge in [0.05, 0.1) is 5.25 Å².